The number of nitrogens with one attached hydrogen (secondary N) is 1. The van der Waals surface area contributed by atoms with Crippen LogP contribution in [0, 0.1) is 5.92 Å². The zero-order chi connectivity index (χ0) is 16.7. The van der Waals surface area contributed by atoms with E-state index in [1.807, 2.05) is 13.8 Å². The highest BCUT2D eigenvalue weighted by Crippen LogP contribution is 2.20. The second-order valence-corrected chi connectivity index (χ2v) is 5.52. The highest BCUT2D eigenvalue weighted by molar-refractivity contribution is 6.02. The molecule has 0 saturated carbocycles. The molecule has 22 heavy (non-hydrogen) atoms. The van der Waals surface area contributed by atoms with E-state index in [9.17, 15) is 19.5 Å². The first kappa shape index (κ1) is 17.7. The number of hydrogen-bond donors (Lipinski definition) is 2. The summed E-state index contributed by atoms with van der Waals surface area (Å²) in [5.74, 6) is -1.35. The third kappa shape index (κ3) is 4.58. The Morgan fingerprint density at radius 3 is 2.27 bits per heavy atom. The zero-order valence-corrected chi connectivity index (χ0v) is 13.0. The van der Waals surface area contributed by atoms with E-state index in [2.05, 4.69) is 5.32 Å². The predicted molar refractivity (Wildman–Crippen MR) is 83.5 cm³/mol. The number of carbonyl (C=O) groups is 3. The second-order valence-electron chi connectivity index (χ2n) is 5.52. The Morgan fingerprint density at radius 2 is 1.82 bits per heavy atom. The largest absolute Gasteiger partial charge is 0.480 e. The molecular weight excluding hydrogens is 284 g/mol. The van der Waals surface area contributed by atoms with E-state index in [0.717, 1.165) is 0 Å². The summed E-state index contributed by atoms with van der Waals surface area (Å²) < 4.78 is 0. The van der Waals surface area contributed by atoms with Gasteiger partial charge < -0.3 is 10.4 Å². The highest BCUT2D eigenvalue weighted by atomic mass is 16.4. The van der Waals surface area contributed by atoms with E-state index in [1.165, 1.54) is 11.8 Å². The van der Waals surface area contributed by atoms with E-state index in [0.29, 0.717) is 18.5 Å². The topological polar surface area (TPSA) is 86.7 Å². The molecule has 1 aromatic carbocycles. The Morgan fingerprint density at radius 1 is 1.23 bits per heavy atom. The molecule has 0 aliphatic heterocycles. The van der Waals surface area contributed by atoms with Crippen molar-refractivity contribution in [1.29, 1.82) is 0 Å². The number of hydrogen-bond acceptors (Lipinski definition) is 3. The molecule has 0 aromatic heterocycles. The third-order valence-corrected chi connectivity index (χ3v) is 3.29. The van der Waals surface area contributed by atoms with Gasteiger partial charge in [0.05, 0.1) is 0 Å². The molecule has 0 bridgehead atoms. The summed E-state index contributed by atoms with van der Waals surface area (Å²) in [6.07, 6.45) is 0.910. The molecule has 2 amide bonds. The van der Waals surface area contributed by atoms with Crippen LogP contribution in [0.4, 0.5) is 5.69 Å². The number of aliphatic carboxylic acids is 1. The lowest BCUT2D eigenvalue weighted by Crippen LogP contribution is -2.52. The number of benzene rings is 1. The van der Waals surface area contributed by atoms with E-state index in [-0.39, 0.29) is 5.92 Å². The Labute approximate surface area is 130 Å². The van der Waals surface area contributed by atoms with Crippen molar-refractivity contribution in [3.63, 3.8) is 0 Å². The first-order chi connectivity index (χ1) is 10.4. The van der Waals surface area contributed by atoms with Gasteiger partial charge in [0.15, 0.2) is 0 Å². The summed E-state index contributed by atoms with van der Waals surface area (Å²) >= 11 is 0. The van der Waals surface area contributed by atoms with Gasteiger partial charge in [0.25, 0.3) is 0 Å². The van der Waals surface area contributed by atoms with Crippen LogP contribution in [0.1, 0.15) is 27.2 Å². The minimum Gasteiger partial charge on any atom is -0.480 e. The summed E-state index contributed by atoms with van der Waals surface area (Å²) in [6.45, 7) is 5.31. The molecule has 1 aromatic rings. The zero-order valence-electron chi connectivity index (χ0n) is 13.0. The van der Waals surface area contributed by atoms with Gasteiger partial charge in [-0.2, -0.15) is 0 Å². The number of carboxylic acid groups (broad SMARTS) is 1. The predicted octanol–water partition coefficient (Wildman–Crippen LogP) is 1.65. The maximum Gasteiger partial charge on any atom is 0.326 e. The summed E-state index contributed by atoms with van der Waals surface area (Å²) in [7, 11) is 0. The van der Waals surface area contributed by atoms with Crippen molar-refractivity contribution < 1.29 is 19.5 Å². The van der Waals surface area contributed by atoms with Crippen LogP contribution >= 0.6 is 0 Å². The quantitative estimate of drug-likeness (QED) is 0.715. The molecule has 0 heterocycles. The van der Waals surface area contributed by atoms with Gasteiger partial charge in [0.1, 0.15) is 12.1 Å². The molecule has 0 spiro atoms. The SMILES string of the molecule is CC(C)C[C@H](NC=O)C(=O)N(c1ccccc1)[C@@H](C)C(=O)O. The fraction of sp³-hybridized carbons (Fsp3) is 0.438. The molecule has 0 radical (unpaired) electrons. The number of para-hydroxylation sites is 1. The molecule has 120 valence electrons. The third-order valence-electron chi connectivity index (χ3n) is 3.29. The lowest BCUT2D eigenvalue weighted by Gasteiger charge is -2.30. The van der Waals surface area contributed by atoms with Crippen LogP contribution in [0.15, 0.2) is 30.3 Å². The van der Waals surface area contributed by atoms with Gasteiger partial charge in [-0.25, -0.2) is 4.79 Å². The van der Waals surface area contributed by atoms with Gasteiger partial charge in [-0.15, -0.1) is 0 Å². The number of anilines is 1. The van der Waals surface area contributed by atoms with Crippen molar-refractivity contribution in [2.45, 2.75) is 39.3 Å². The van der Waals surface area contributed by atoms with Crippen molar-refractivity contribution in [2.75, 3.05) is 4.90 Å². The molecule has 0 fully saturated rings. The van der Waals surface area contributed by atoms with E-state index in [4.69, 9.17) is 0 Å². The van der Waals surface area contributed by atoms with E-state index >= 15 is 0 Å². The minimum absolute atomic E-state index is 0.180. The average molecular weight is 306 g/mol. The molecule has 2 N–H and O–H groups in total. The van der Waals surface area contributed by atoms with Crippen molar-refractivity contribution in [1.82, 2.24) is 5.32 Å². The van der Waals surface area contributed by atoms with Crippen LogP contribution in [0.3, 0.4) is 0 Å². The van der Waals surface area contributed by atoms with Gasteiger partial charge in [-0.1, -0.05) is 32.0 Å². The van der Waals surface area contributed by atoms with Crippen molar-refractivity contribution in [2.24, 2.45) is 5.92 Å². The molecular formula is C16H22N2O4. The monoisotopic (exact) mass is 306 g/mol. The standard InChI is InChI=1S/C16H22N2O4/c1-11(2)9-14(17-10-19)15(20)18(12(3)16(21)22)13-7-5-4-6-8-13/h4-8,10-12,14H,9H2,1-3H3,(H,17,19)(H,21,22)/t12-,14-/m0/s1. The molecule has 6 heteroatoms. The Kier molecular flexibility index (Phi) is 6.56. The van der Waals surface area contributed by atoms with Crippen LogP contribution in [0.2, 0.25) is 0 Å². The minimum atomic E-state index is -1.10. The summed E-state index contributed by atoms with van der Waals surface area (Å²) in [5, 5.41) is 11.8. The van der Waals surface area contributed by atoms with Gasteiger partial charge in [0.2, 0.25) is 12.3 Å². The number of carbonyl (C=O) groups excluding carboxylic acids is 2. The van der Waals surface area contributed by atoms with Crippen molar-refractivity contribution in [3.05, 3.63) is 30.3 Å². The van der Waals surface area contributed by atoms with Crippen molar-refractivity contribution >= 4 is 24.0 Å². The lowest BCUT2D eigenvalue weighted by molar-refractivity contribution is -0.140. The van der Waals surface area contributed by atoms with Crippen LogP contribution in [-0.2, 0) is 14.4 Å². The molecule has 0 unspecified atom stereocenters. The van der Waals surface area contributed by atoms with Crippen LogP contribution in [0.5, 0.6) is 0 Å². The number of nitrogens with zero attached hydrogens (tertiary/aromatic N) is 1. The first-order valence-corrected chi connectivity index (χ1v) is 7.19. The summed E-state index contributed by atoms with van der Waals surface area (Å²) in [5.41, 5.74) is 0.490. The number of carboxylic acids is 1. The normalized spacial score (nSPS) is 13.3. The van der Waals surface area contributed by atoms with Crippen LogP contribution in [0.25, 0.3) is 0 Å². The summed E-state index contributed by atoms with van der Waals surface area (Å²) in [4.78, 5) is 36.1. The van der Waals surface area contributed by atoms with E-state index < -0.39 is 24.0 Å². The second kappa shape index (κ2) is 8.17. The Balaban J connectivity index is 3.16. The molecule has 2 atom stereocenters. The number of amides is 2. The van der Waals surface area contributed by atoms with Gasteiger partial charge >= 0.3 is 5.97 Å². The lowest BCUT2D eigenvalue weighted by atomic mass is 10.0. The molecule has 0 saturated heterocycles. The van der Waals surface area contributed by atoms with Crippen LogP contribution < -0.4 is 10.2 Å². The Bertz CT molecular complexity index is 516. The van der Waals surface area contributed by atoms with Gasteiger partial charge in [-0.05, 0) is 31.4 Å². The molecule has 1 rings (SSSR count). The maximum absolute atomic E-state index is 12.8. The van der Waals surface area contributed by atoms with Crippen LogP contribution in [-0.4, -0.2) is 35.5 Å². The fourth-order valence-electron chi connectivity index (χ4n) is 2.20. The van der Waals surface area contributed by atoms with Gasteiger partial charge in [0, 0.05) is 5.69 Å². The average Bonchev–Trinajstić information content (AvgIpc) is 2.47. The number of rotatable bonds is 8. The maximum atomic E-state index is 12.8. The molecule has 6 nitrogen and oxygen atoms in total. The van der Waals surface area contributed by atoms with Gasteiger partial charge in [-0.3, -0.25) is 14.5 Å². The van der Waals surface area contributed by atoms with Crippen molar-refractivity contribution in [3.8, 4) is 0 Å². The van der Waals surface area contributed by atoms with E-state index in [1.54, 1.807) is 30.3 Å². The first-order valence-electron chi connectivity index (χ1n) is 7.19. The Hall–Kier alpha value is -2.37. The molecule has 0 aliphatic rings. The summed E-state index contributed by atoms with van der Waals surface area (Å²) in [6, 6.07) is 6.81. The molecule has 0 aliphatic carbocycles. The smallest absolute Gasteiger partial charge is 0.326 e. The fourth-order valence-corrected chi connectivity index (χ4v) is 2.20. The highest BCUT2D eigenvalue weighted by Gasteiger charge is 2.32.